The third-order valence-electron chi connectivity index (χ3n) is 7.76. The van der Waals surface area contributed by atoms with Gasteiger partial charge in [0.1, 0.15) is 11.8 Å². The Bertz CT molecular complexity index is 1130. The van der Waals surface area contributed by atoms with Crippen LogP contribution in [0.5, 0.6) is 5.75 Å². The molecule has 4 rings (SSSR count). The van der Waals surface area contributed by atoms with Gasteiger partial charge in [-0.3, -0.25) is 19.1 Å². The van der Waals surface area contributed by atoms with Gasteiger partial charge >= 0.3 is 0 Å². The van der Waals surface area contributed by atoms with Gasteiger partial charge in [-0.05, 0) is 80.2 Å². The predicted octanol–water partition coefficient (Wildman–Crippen LogP) is 3.33. The molecule has 8 nitrogen and oxygen atoms in total. The van der Waals surface area contributed by atoms with Gasteiger partial charge in [-0.1, -0.05) is 49.2 Å². The lowest BCUT2D eigenvalue weighted by Gasteiger charge is -2.23. The summed E-state index contributed by atoms with van der Waals surface area (Å²) in [4.78, 5) is 41.2. The average Bonchev–Trinajstić information content (AvgIpc) is 3.42. The zero-order chi connectivity index (χ0) is 27.6. The Labute approximate surface area is 236 Å². The number of hydrogen-bond acceptors (Lipinski definition) is 6. The first-order valence-corrected chi connectivity index (χ1v) is 14.4. The molecule has 3 N–H and O–H groups in total. The number of ether oxygens (including phenoxy) is 1. The molecule has 9 heteroatoms. The van der Waals surface area contributed by atoms with Gasteiger partial charge in [0, 0.05) is 26.1 Å². The van der Waals surface area contributed by atoms with Crippen molar-refractivity contribution in [3.63, 3.8) is 0 Å². The summed E-state index contributed by atoms with van der Waals surface area (Å²) in [5.74, 6) is 0.773. The Morgan fingerprint density at radius 3 is 2.67 bits per heavy atom. The molecule has 0 aliphatic carbocycles. The molecule has 210 valence electrons. The van der Waals surface area contributed by atoms with Crippen LogP contribution in [-0.4, -0.2) is 54.4 Å². The Balaban J connectivity index is 1.50. The van der Waals surface area contributed by atoms with Crippen molar-refractivity contribution in [1.29, 1.82) is 0 Å². The highest BCUT2D eigenvalue weighted by Crippen LogP contribution is 2.23. The fraction of sp³-hybridized carbons (Fsp3) is 0.500. The van der Waals surface area contributed by atoms with E-state index in [0.29, 0.717) is 51.2 Å². The Morgan fingerprint density at radius 2 is 1.87 bits per heavy atom. The van der Waals surface area contributed by atoms with Crippen LogP contribution in [-0.2, 0) is 27.3 Å². The number of rotatable bonds is 4. The molecule has 3 atom stereocenters. The molecule has 39 heavy (non-hydrogen) atoms. The van der Waals surface area contributed by atoms with Crippen molar-refractivity contribution in [2.24, 2.45) is 5.92 Å². The molecule has 2 aliphatic heterocycles. The number of fused-ring (bicyclic) bond motifs is 4. The third-order valence-corrected chi connectivity index (χ3v) is 8.07. The molecule has 2 aromatic rings. The molecule has 2 unspecified atom stereocenters. The number of carbonyl (C=O) groups is 3. The van der Waals surface area contributed by atoms with E-state index in [9.17, 15) is 14.4 Å². The number of amides is 3. The topological polar surface area (TPSA) is 99.8 Å². The van der Waals surface area contributed by atoms with Gasteiger partial charge in [-0.15, -0.1) is 0 Å². The van der Waals surface area contributed by atoms with E-state index in [-0.39, 0.29) is 17.7 Å². The van der Waals surface area contributed by atoms with Crippen molar-refractivity contribution in [3.05, 3.63) is 65.2 Å². The first-order valence-electron chi connectivity index (χ1n) is 13.9. The van der Waals surface area contributed by atoms with E-state index in [0.717, 1.165) is 48.4 Å². The van der Waals surface area contributed by atoms with E-state index in [1.807, 2.05) is 60.4 Å². The van der Waals surface area contributed by atoms with E-state index in [2.05, 4.69) is 28.2 Å². The van der Waals surface area contributed by atoms with E-state index >= 15 is 0 Å². The molecule has 0 aromatic heterocycles. The standard InChI is InChI=1S/C30H40N4O4S/c1-21-10-12-25-18-24(21)19-31-29(36)26(13-11-22-6-3-2-4-7-22)32-30(37)27(33-39)8-5-9-28(35)34-16-14-23(20-34)15-17-38-25/h2-4,6-7,10,12,18,23,26-27,33,39H,5,8-9,11,13-17,19-20H2,1H3,(H,31,36)(H,32,37)/t23?,26-,27?/m0/s1. The summed E-state index contributed by atoms with van der Waals surface area (Å²) >= 11 is 4.17. The minimum absolute atomic E-state index is 0.120. The van der Waals surface area contributed by atoms with E-state index in [1.165, 1.54) is 0 Å². The van der Waals surface area contributed by atoms with Crippen molar-refractivity contribution in [1.82, 2.24) is 20.3 Å². The molecule has 2 heterocycles. The molecule has 1 fully saturated rings. The van der Waals surface area contributed by atoms with Crippen LogP contribution < -0.4 is 20.1 Å². The fourth-order valence-electron chi connectivity index (χ4n) is 5.24. The van der Waals surface area contributed by atoms with E-state index < -0.39 is 12.1 Å². The van der Waals surface area contributed by atoms with Gasteiger partial charge in [0.25, 0.3) is 0 Å². The zero-order valence-corrected chi connectivity index (χ0v) is 23.6. The Hall–Kier alpha value is -3.04. The molecule has 0 saturated carbocycles. The number of benzene rings is 2. The molecule has 2 aliphatic rings. The van der Waals surface area contributed by atoms with Crippen molar-refractivity contribution < 1.29 is 19.1 Å². The van der Waals surface area contributed by atoms with Crippen LogP contribution in [0.15, 0.2) is 48.5 Å². The van der Waals surface area contributed by atoms with Crippen LogP contribution in [0.25, 0.3) is 0 Å². The number of aryl methyl sites for hydroxylation is 2. The highest BCUT2D eigenvalue weighted by atomic mass is 32.1. The minimum Gasteiger partial charge on any atom is -0.494 e. The predicted molar refractivity (Wildman–Crippen MR) is 154 cm³/mol. The summed E-state index contributed by atoms with van der Waals surface area (Å²) in [5, 5.41) is 5.96. The van der Waals surface area contributed by atoms with Crippen molar-refractivity contribution in [2.75, 3.05) is 19.7 Å². The van der Waals surface area contributed by atoms with Gasteiger partial charge in [0.05, 0.1) is 12.6 Å². The van der Waals surface area contributed by atoms with E-state index in [4.69, 9.17) is 4.74 Å². The maximum atomic E-state index is 13.3. The highest BCUT2D eigenvalue weighted by Gasteiger charge is 2.28. The Morgan fingerprint density at radius 1 is 1.05 bits per heavy atom. The lowest BCUT2D eigenvalue weighted by molar-refractivity contribution is -0.131. The van der Waals surface area contributed by atoms with Crippen LogP contribution in [0.1, 0.15) is 55.2 Å². The highest BCUT2D eigenvalue weighted by molar-refractivity contribution is 7.78. The number of carbonyl (C=O) groups excluding carboxylic acids is 3. The van der Waals surface area contributed by atoms with E-state index in [1.54, 1.807) is 0 Å². The van der Waals surface area contributed by atoms with Crippen LogP contribution >= 0.6 is 12.8 Å². The monoisotopic (exact) mass is 552 g/mol. The van der Waals surface area contributed by atoms with Crippen LogP contribution in [0.2, 0.25) is 0 Å². The lowest BCUT2D eigenvalue weighted by Crippen LogP contribution is -2.51. The number of nitrogens with one attached hydrogen (secondary N) is 3. The molecular formula is C30H40N4O4S. The smallest absolute Gasteiger partial charge is 0.242 e. The number of nitrogens with zero attached hydrogens (tertiary/aromatic N) is 1. The summed E-state index contributed by atoms with van der Waals surface area (Å²) in [6.45, 7) is 4.46. The second-order valence-corrected chi connectivity index (χ2v) is 10.9. The van der Waals surface area contributed by atoms with Crippen molar-refractivity contribution in [3.8, 4) is 5.75 Å². The summed E-state index contributed by atoms with van der Waals surface area (Å²) in [6, 6.07) is 14.5. The average molecular weight is 553 g/mol. The molecule has 0 spiro atoms. The maximum Gasteiger partial charge on any atom is 0.242 e. The van der Waals surface area contributed by atoms with Gasteiger partial charge in [0.15, 0.2) is 0 Å². The summed E-state index contributed by atoms with van der Waals surface area (Å²) in [5.41, 5.74) is 3.12. The quantitative estimate of drug-likeness (QED) is 0.436. The maximum absolute atomic E-state index is 13.3. The molecule has 3 amide bonds. The SMILES string of the molecule is Cc1ccc2cc1CNC(=O)[C@H](CCc1ccccc1)NC(=O)C(NS)CCCC(=O)N1CCC(CCO2)C1. The first-order chi connectivity index (χ1) is 18.9. The van der Waals surface area contributed by atoms with Crippen molar-refractivity contribution >= 4 is 30.5 Å². The number of hydrogen-bond donors (Lipinski definition) is 4. The summed E-state index contributed by atoms with van der Waals surface area (Å²) in [7, 11) is 0. The molecule has 1 saturated heterocycles. The summed E-state index contributed by atoms with van der Waals surface area (Å²) in [6.07, 6.45) is 4.36. The third kappa shape index (κ3) is 8.47. The second kappa shape index (κ2) is 14.4. The minimum atomic E-state index is -0.713. The zero-order valence-electron chi connectivity index (χ0n) is 22.7. The molecular weight excluding hydrogens is 512 g/mol. The van der Waals surface area contributed by atoms with Gasteiger partial charge in [-0.2, -0.15) is 0 Å². The van der Waals surface area contributed by atoms with Crippen molar-refractivity contribution in [2.45, 2.75) is 70.5 Å². The molecule has 4 bridgehead atoms. The van der Waals surface area contributed by atoms with Crippen LogP contribution in [0.3, 0.4) is 0 Å². The number of thiol groups is 1. The van der Waals surface area contributed by atoms with Crippen LogP contribution in [0, 0.1) is 12.8 Å². The van der Waals surface area contributed by atoms with Gasteiger partial charge in [0.2, 0.25) is 17.7 Å². The normalized spacial score (nSPS) is 23.5. The summed E-state index contributed by atoms with van der Waals surface area (Å²) < 4.78 is 8.82. The molecule has 0 radical (unpaired) electrons. The van der Waals surface area contributed by atoms with Crippen LogP contribution in [0.4, 0.5) is 0 Å². The second-order valence-electron chi connectivity index (χ2n) is 10.6. The molecule has 2 aromatic carbocycles. The fourth-order valence-corrected chi connectivity index (χ4v) is 5.48. The first kappa shape index (κ1) is 29.0. The Kier molecular flexibility index (Phi) is 10.7. The van der Waals surface area contributed by atoms with Gasteiger partial charge < -0.3 is 20.3 Å². The lowest BCUT2D eigenvalue weighted by atomic mass is 10.0. The van der Waals surface area contributed by atoms with Gasteiger partial charge in [-0.25, -0.2) is 0 Å². The largest absolute Gasteiger partial charge is 0.494 e.